The second kappa shape index (κ2) is 13.2. The number of esters is 1. The van der Waals surface area contributed by atoms with Gasteiger partial charge in [-0.1, -0.05) is 19.9 Å². The molecule has 8 nitrogen and oxygen atoms in total. The van der Waals surface area contributed by atoms with Crippen molar-refractivity contribution >= 4 is 18.0 Å². The first-order chi connectivity index (χ1) is 16.7. The summed E-state index contributed by atoms with van der Waals surface area (Å²) in [6.45, 7) is 9.08. The van der Waals surface area contributed by atoms with E-state index in [-0.39, 0.29) is 5.57 Å². The smallest absolute Gasteiger partial charge is 0.349 e. The lowest BCUT2D eigenvalue weighted by Gasteiger charge is -2.11. The third-order valence-corrected chi connectivity index (χ3v) is 5.70. The lowest BCUT2D eigenvalue weighted by Crippen LogP contribution is -2.30. The van der Waals surface area contributed by atoms with Gasteiger partial charge in [-0.3, -0.25) is 4.79 Å². The van der Waals surface area contributed by atoms with Gasteiger partial charge in [-0.25, -0.2) is 4.79 Å². The van der Waals surface area contributed by atoms with Crippen molar-refractivity contribution in [1.29, 1.82) is 5.26 Å². The molecule has 1 aromatic heterocycles. The van der Waals surface area contributed by atoms with E-state index >= 15 is 0 Å². The van der Waals surface area contributed by atoms with Crippen LogP contribution in [0.1, 0.15) is 42.8 Å². The zero-order valence-corrected chi connectivity index (χ0v) is 21.4. The number of nitriles is 1. The minimum absolute atomic E-state index is 0.146. The number of nitrogens with zero attached hydrogens (tertiary/aromatic N) is 2. The second-order valence-corrected chi connectivity index (χ2v) is 8.70. The Bertz CT molecular complexity index is 1110. The molecule has 0 aliphatic heterocycles. The van der Waals surface area contributed by atoms with Gasteiger partial charge in [0, 0.05) is 24.5 Å². The molecular formula is C27H35N3O5. The van der Waals surface area contributed by atoms with E-state index in [1.54, 1.807) is 20.3 Å². The summed E-state index contributed by atoms with van der Waals surface area (Å²) in [4.78, 5) is 24.5. The number of carbonyl (C=O) groups is 2. The summed E-state index contributed by atoms with van der Waals surface area (Å²) in [7, 11) is 3.13. The van der Waals surface area contributed by atoms with Crippen LogP contribution in [0.5, 0.6) is 11.5 Å². The van der Waals surface area contributed by atoms with Crippen molar-refractivity contribution in [3.63, 3.8) is 0 Å². The van der Waals surface area contributed by atoms with Gasteiger partial charge in [0.15, 0.2) is 18.1 Å². The molecule has 1 aromatic carbocycles. The number of amides is 1. The van der Waals surface area contributed by atoms with Crippen LogP contribution < -0.4 is 14.8 Å². The zero-order valence-electron chi connectivity index (χ0n) is 21.4. The van der Waals surface area contributed by atoms with Gasteiger partial charge in [-0.2, -0.15) is 5.26 Å². The van der Waals surface area contributed by atoms with Crippen LogP contribution in [-0.2, 0) is 27.3 Å². The van der Waals surface area contributed by atoms with Crippen LogP contribution >= 0.6 is 0 Å². The van der Waals surface area contributed by atoms with Gasteiger partial charge in [-0.05, 0) is 68.0 Å². The van der Waals surface area contributed by atoms with Crippen molar-refractivity contribution in [2.75, 3.05) is 27.4 Å². The molecule has 188 valence electrons. The van der Waals surface area contributed by atoms with Crippen LogP contribution in [0.15, 0.2) is 29.8 Å². The van der Waals surface area contributed by atoms with E-state index in [4.69, 9.17) is 14.2 Å². The van der Waals surface area contributed by atoms with Crippen molar-refractivity contribution in [1.82, 2.24) is 9.88 Å². The Balaban J connectivity index is 1.90. The number of aromatic nitrogens is 1. The lowest BCUT2D eigenvalue weighted by molar-refractivity contribution is -0.144. The van der Waals surface area contributed by atoms with E-state index in [1.165, 1.54) is 6.08 Å². The van der Waals surface area contributed by atoms with Crippen molar-refractivity contribution in [3.8, 4) is 17.6 Å². The molecule has 0 aliphatic rings. The summed E-state index contributed by atoms with van der Waals surface area (Å²) in [5.74, 6) is 0.551. The first-order valence-electron chi connectivity index (χ1n) is 11.6. The van der Waals surface area contributed by atoms with Gasteiger partial charge >= 0.3 is 5.97 Å². The molecule has 1 N–H and O–H groups in total. The van der Waals surface area contributed by atoms with Crippen LogP contribution in [0.2, 0.25) is 0 Å². The quantitative estimate of drug-likeness (QED) is 0.279. The Labute approximate surface area is 207 Å². The Hall–Kier alpha value is -3.73. The van der Waals surface area contributed by atoms with E-state index in [0.29, 0.717) is 30.4 Å². The normalized spacial score (nSPS) is 11.2. The fourth-order valence-electron chi connectivity index (χ4n) is 3.64. The first kappa shape index (κ1) is 27.5. The molecule has 0 radical (unpaired) electrons. The largest absolute Gasteiger partial charge is 0.493 e. The SMILES string of the molecule is COc1ccc(CCNC(=O)COC(=O)/C(C#N)=C/c2cc(C)n(CCC(C)C)c2C)cc1OC. The summed E-state index contributed by atoms with van der Waals surface area (Å²) >= 11 is 0. The monoisotopic (exact) mass is 481 g/mol. The second-order valence-electron chi connectivity index (χ2n) is 8.70. The molecule has 1 amide bonds. The fourth-order valence-corrected chi connectivity index (χ4v) is 3.64. The minimum atomic E-state index is -0.825. The first-order valence-corrected chi connectivity index (χ1v) is 11.6. The number of hydrogen-bond acceptors (Lipinski definition) is 6. The maximum Gasteiger partial charge on any atom is 0.349 e. The van der Waals surface area contributed by atoms with Crippen molar-refractivity contribution < 1.29 is 23.8 Å². The highest BCUT2D eigenvalue weighted by Crippen LogP contribution is 2.27. The molecule has 8 heteroatoms. The zero-order chi connectivity index (χ0) is 26.0. The van der Waals surface area contributed by atoms with Gasteiger partial charge in [0.1, 0.15) is 11.6 Å². The molecule has 2 aromatic rings. The lowest BCUT2D eigenvalue weighted by atomic mass is 10.1. The van der Waals surface area contributed by atoms with Crippen LogP contribution in [0.3, 0.4) is 0 Å². The number of ether oxygens (including phenoxy) is 3. The molecular weight excluding hydrogens is 446 g/mol. The van der Waals surface area contributed by atoms with E-state index in [0.717, 1.165) is 35.5 Å². The summed E-state index contributed by atoms with van der Waals surface area (Å²) in [6.07, 6.45) is 3.12. The van der Waals surface area contributed by atoms with Crippen LogP contribution in [0, 0.1) is 31.1 Å². The predicted molar refractivity (Wildman–Crippen MR) is 134 cm³/mol. The number of methoxy groups -OCH3 is 2. The third-order valence-electron chi connectivity index (χ3n) is 5.70. The van der Waals surface area contributed by atoms with Crippen molar-refractivity contribution in [2.45, 2.75) is 47.1 Å². The molecule has 0 fully saturated rings. The molecule has 0 aliphatic carbocycles. The average molecular weight is 482 g/mol. The highest BCUT2D eigenvalue weighted by atomic mass is 16.5. The molecule has 0 saturated carbocycles. The topological polar surface area (TPSA) is 103 Å². The van der Waals surface area contributed by atoms with Crippen molar-refractivity contribution in [3.05, 3.63) is 52.4 Å². The minimum Gasteiger partial charge on any atom is -0.493 e. The van der Waals surface area contributed by atoms with Gasteiger partial charge in [-0.15, -0.1) is 0 Å². The van der Waals surface area contributed by atoms with Gasteiger partial charge < -0.3 is 24.1 Å². The Morgan fingerprint density at radius 1 is 1.14 bits per heavy atom. The number of aryl methyl sites for hydroxylation is 1. The van der Waals surface area contributed by atoms with E-state index in [1.807, 2.05) is 38.1 Å². The van der Waals surface area contributed by atoms with E-state index in [2.05, 4.69) is 23.7 Å². The Morgan fingerprint density at radius 2 is 1.86 bits per heavy atom. The highest BCUT2D eigenvalue weighted by molar-refractivity contribution is 5.99. The number of rotatable bonds is 12. The average Bonchev–Trinajstić information content (AvgIpc) is 3.11. The van der Waals surface area contributed by atoms with Crippen LogP contribution in [-0.4, -0.2) is 43.8 Å². The maximum atomic E-state index is 12.4. The summed E-state index contributed by atoms with van der Waals surface area (Å²) in [6, 6.07) is 9.36. The Morgan fingerprint density at radius 3 is 2.49 bits per heavy atom. The van der Waals surface area contributed by atoms with Gasteiger partial charge in [0.25, 0.3) is 5.91 Å². The predicted octanol–water partition coefficient (Wildman–Crippen LogP) is 3.98. The van der Waals surface area contributed by atoms with Crippen molar-refractivity contribution in [2.24, 2.45) is 5.92 Å². The van der Waals surface area contributed by atoms with Crippen LogP contribution in [0.25, 0.3) is 6.08 Å². The Kier molecular flexibility index (Phi) is 10.4. The number of nitrogens with one attached hydrogen (secondary N) is 1. The molecule has 0 bridgehead atoms. The van der Waals surface area contributed by atoms with Gasteiger partial charge in [0.2, 0.25) is 0 Å². The van der Waals surface area contributed by atoms with E-state index in [9.17, 15) is 14.9 Å². The maximum absolute atomic E-state index is 12.4. The molecule has 2 rings (SSSR count). The van der Waals surface area contributed by atoms with Crippen LogP contribution in [0.4, 0.5) is 0 Å². The van der Waals surface area contributed by atoms with E-state index < -0.39 is 18.5 Å². The molecule has 35 heavy (non-hydrogen) atoms. The third kappa shape index (κ3) is 7.92. The summed E-state index contributed by atoms with van der Waals surface area (Å²) < 4.78 is 17.7. The number of benzene rings is 1. The molecule has 0 saturated heterocycles. The standard InChI is InChI=1S/C27H35N3O5/c1-18(2)10-12-30-19(3)13-22(20(30)4)15-23(16-28)27(32)35-17-26(31)29-11-9-21-7-8-24(33-5)25(14-21)34-6/h7-8,13-15,18H,9-12,17H2,1-6H3,(H,29,31)/b23-15+. The number of carbonyl (C=O) groups excluding carboxylic acids is 2. The highest BCUT2D eigenvalue weighted by Gasteiger charge is 2.16. The molecule has 1 heterocycles. The molecule has 0 atom stereocenters. The molecule has 0 unspecified atom stereocenters. The van der Waals surface area contributed by atoms with Gasteiger partial charge in [0.05, 0.1) is 14.2 Å². The summed E-state index contributed by atoms with van der Waals surface area (Å²) in [5, 5.41) is 12.2. The fraction of sp³-hybridized carbons (Fsp3) is 0.444. The molecule has 0 spiro atoms. The summed E-state index contributed by atoms with van der Waals surface area (Å²) in [5.41, 5.74) is 3.65. The number of hydrogen-bond donors (Lipinski definition) is 1.